The molecule has 1 unspecified atom stereocenters. The molecule has 25 heavy (non-hydrogen) atoms. The SMILES string of the molecule is O=C(CC1C=CS(=O)(=O)C1)N1CCC(c2nnc3ccccn23)CC1. The van der Waals surface area contributed by atoms with E-state index < -0.39 is 9.84 Å². The molecule has 4 heterocycles. The Morgan fingerprint density at radius 1 is 1.20 bits per heavy atom. The molecule has 1 saturated heterocycles. The topological polar surface area (TPSA) is 84.6 Å². The number of piperidine rings is 1. The molecular weight excluding hydrogens is 340 g/mol. The summed E-state index contributed by atoms with van der Waals surface area (Å²) < 4.78 is 24.9. The maximum atomic E-state index is 12.4. The molecular formula is C17H20N4O3S. The van der Waals surface area contributed by atoms with E-state index >= 15 is 0 Å². The van der Waals surface area contributed by atoms with Gasteiger partial charge in [0.2, 0.25) is 5.91 Å². The molecule has 2 aliphatic rings. The van der Waals surface area contributed by atoms with E-state index in [1.165, 1.54) is 5.41 Å². The van der Waals surface area contributed by atoms with Crippen molar-refractivity contribution in [1.82, 2.24) is 19.5 Å². The third kappa shape index (κ3) is 3.30. The van der Waals surface area contributed by atoms with E-state index in [0.717, 1.165) is 24.3 Å². The van der Waals surface area contributed by atoms with E-state index in [0.29, 0.717) is 13.1 Å². The van der Waals surface area contributed by atoms with E-state index in [1.54, 1.807) is 6.08 Å². The number of hydrogen-bond acceptors (Lipinski definition) is 5. The van der Waals surface area contributed by atoms with E-state index in [9.17, 15) is 13.2 Å². The van der Waals surface area contributed by atoms with Crippen molar-refractivity contribution >= 4 is 21.4 Å². The lowest BCUT2D eigenvalue weighted by molar-refractivity contribution is -0.132. The summed E-state index contributed by atoms with van der Waals surface area (Å²) in [5.41, 5.74) is 0.838. The Morgan fingerprint density at radius 2 is 2.00 bits per heavy atom. The Morgan fingerprint density at radius 3 is 2.72 bits per heavy atom. The number of carbonyl (C=O) groups is 1. The first-order valence-corrected chi connectivity index (χ1v) is 10.2. The molecule has 1 fully saturated rings. The molecule has 0 bridgehead atoms. The van der Waals surface area contributed by atoms with Gasteiger partial charge in [-0.1, -0.05) is 12.1 Å². The highest BCUT2D eigenvalue weighted by atomic mass is 32.2. The van der Waals surface area contributed by atoms with Crippen LogP contribution >= 0.6 is 0 Å². The minimum Gasteiger partial charge on any atom is -0.343 e. The van der Waals surface area contributed by atoms with Crippen molar-refractivity contribution in [1.29, 1.82) is 0 Å². The van der Waals surface area contributed by atoms with Gasteiger partial charge in [-0.05, 0) is 25.0 Å². The standard InChI is InChI=1S/C17H20N4O3S/c22-16(11-13-6-10-25(23,24)12-13)20-8-4-14(5-9-20)17-19-18-15-3-1-2-7-21(15)17/h1-3,6-7,10,13-14H,4-5,8-9,11-12H2. The smallest absolute Gasteiger partial charge is 0.223 e. The van der Waals surface area contributed by atoms with Crippen LogP contribution in [0.3, 0.4) is 0 Å². The van der Waals surface area contributed by atoms with E-state index in [2.05, 4.69) is 10.2 Å². The van der Waals surface area contributed by atoms with E-state index in [4.69, 9.17) is 0 Å². The number of likely N-dealkylation sites (tertiary alicyclic amines) is 1. The molecule has 7 nitrogen and oxygen atoms in total. The van der Waals surface area contributed by atoms with Crippen molar-refractivity contribution in [2.24, 2.45) is 5.92 Å². The molecule has 2 aromatic heterocycles. The second kappa shape index (κ2) is 6.25. The lowest BCUT2D eigenvalue weighted by Gasteiger charge is -2.31. The fraction of sp³-hybridized carbons (Fsp3) is 0.471. The first-order valence-electron chi connectivity index (χ1n) is 8.50. The number of pyridine rings is 1. The molecule has 8 heteroatoms. The molecule has 4 rings (SSSR count). The maximum Gasteiger partial charge on any atom is 0.223 e. The van der Waals surface area contributed by atoms with Crippen LogP contribution in [0, 0.1) is 5.92 Å². The molecule has 0 saturated carbocycles. The van der Waals surface area contributed by atoms with Crippen molar-refractivity contribution in [3.63, 3.8) is 0 Å². The van der Waals surface area contributed by atoms with Gasteiger partial charge in [0.25, 0.3) is 0 Å². The first-order chi connectivity index (χ1) is 12.0. The fourth-order valence-corrected chi connectivity index (χ4v) is 5.04. The van der Waals surface area contributed by atoms with Crippen LogP contribution in [0.5, 0.6) is 0 Å². The number of fused-ring (bicyclic) bond motifs is 1. The molecule has 0 spiro atoms. The number of amides is 1. The number of aromatic nitrogens is 3. The highest BCUT2D eigenvalue weighted by Crippen LogP contribution is 2.28. The Hall–Kier alpha value is -2.22. The summed E-state index contributed by atoms with van der Waals surface area (Å²) in [7, 11) is -3.10. The van der Waals surface area contributed by atoms with Crippen LogP contribution in [-0.2, 0) is 14.6 Å². The van der Waals surface area contributed by atoms with Gasteiger partial charge in [-0.25, -0.2) is 8.42 Å². The summed E-state index contributed by atoms with van der Waals surface area (Å²) in [5, 5.41) is 9.75. The molecule has 1 atom stereocenters. The summed E-state index contributed by atoms with van der Waals surface area (Å²) >= 11 is 0. The Labute approximate surface area is 146 Å². The molecule has 0 radical (unpaired) electrons. The Bertz CT molecular complexity index is 926. The number of allylic oxidation sites excluding steroid dienone is 1. The minimum absolute atomic E-state index is 0.0382. The monoisotopic (exact) mass is 360 g/mol. The predicted octanol–water partition coefficient (Wildman–Crippen LogP) is 1.38. The molecule has 2 aromatic rings. The zero-order chi connectivity index (χ0) is 17.4. The summed E-state index contributed by atoms with van der Waals surface area (Å²) in [6, 6.07) is 5.83. The summed E-state index contributed by atoms with van der Waals surface area (Å²) in [5.74, 6) is 1.15. The first kappa shape index (κ1) is 16.3. The molecule has 0 aliphatic carbocycles. The summed E-state index contributed by atoms with van der Waals surface area (Å²) in [4.78, 5) is 14.3. The van der Waals surface area contributed by atoms with Crippen molar-refractivity contribution in [3.8, 4) is 0 Å². The molecule has 2 aliphatic heterocycles. The molecule has 0 N–H and O–H groups in total. The Kier molecular flexibility index (Phi) is 4.07. The minimum atomic E-state index is -3.10. The van der Waals surface area contributed by atoms with E-state index in [-0.39, 0.29) is 29.9 Å². The summed E-state index contributed by atoms with van der Waals surface area (Å²) in [6.45, 7) is 1.35. The number of rotatable bonds is 3. The summed E-state index contributed by atoms with van der Waals surface area (Å²) in [6.07, 6.45) is 5.58. The van der Waals surface area contributed by atoms with Crippen LogP contribution in [-0.4, -0.2) is 52.7 Å². The third-order valence-corrected chi connectivity index (χ3v) is 6.46. The predicted molar refractivity (Wildman–Crippen MR) is 92.6 cm³/mol. The maximum absolute atomic E-state index is 12.4. The van der Waals surface area contributed by atoms with Crippen molar-refractivity contribution < 1.29 is 13.2 Å². The number of carbonyl (C=O) groups excluding carboxylic acids is 1. The second-order valence-corrected chi connectivity index (χ2v) is 8.70. The van der Waals surface area contributed by atoms with Gasteiger partial charge in [-0.2, -0.15) is 0 Å². The van der Waals surface area contributed by atoms with Crippen LogP contribution in [0.4, 0.5) is 0 Å². The molecule has 0 aromatic carbocycles. The van der Waals surface area contributed by atoms with Crippen molar-refractivity contribution in [2.75, 3.05) is 18.8 Å². The van der Waals surface area contributed by atoms with Crippen molar-refractivity contribution in [3.05, 3.63) is 41.7 Å². The average Bonchev–Trinajstić information content (AvgIpc) is 3.18. The number of nitrogens with zero attached hydrogens (tertiary/aromatic N) is 4. The van der Waals surface area contributed by atoms with Gasteiger partial charge >= 0.3 is 0 Å². The number of sulfone groups is 1. The Balaban J connectivity index is 1.37. The van der Waals surface area contributed by atoms with Gasteiger partial charge in [0.05, 0.1) is 5.75 Å². The van der Waals surface area contributed by atoms with Gasteiger partial charge in [-0.3, -0.25) is 9.20 Å². The van der Waals surface area contributed by atoms with Crippen LogP contribution in [0.15, 0.2) is 35.9 Å². The normalized spacial score (nSPS) is 23.4. The average molecular weight is 360 g/mol. The van der Waals surface area contributed by atoms with Gasteiger partial charge in [-0.15, -0.1) is 10.2 Å². The zero-order valence-corrected chi connectivity index (χ0v) is 14.6. The zero-order valence-electron chi connectivity index (χ0n) is 13.8. The highest BCUT2D eigenvalue weighted by Gasteiger charge is 2.29. The fourth-order valence-electron chi connectivity index (χ4n) is 3.65. The number of hydrogen-bond donors (Lipinski definition) is 0. The van der Waals surface area contributed by atoms with Gasteiger partial charge < -0.3 is 4.90 Å². The van der Waals surface area contributed by atoms with Gasteiger partial charge in [0.1, 0.15) is 5.82 Å². The quantitative estimate of drug-likeness (QED) is 0.826. The largest absolute Gasteiger partial charge is 0.343 e. The van der Waals surface area contributed by atoms with Crippen LogP contribution < -0.4 is 0 Å². The van der Waals surface area contributed by atoms with Gasteiger partial charge in [0.15, 0.2) is 15.5 Å². The highest BCUT2D eigenvalue weighted by molar-refractivity contribution is 7.94. The van der Waals surface area contributed by atoms with Crippen LogP contribution in [0.2, 0.25) is 0 Å². The lowest BCUT2D eigenvalue weighted by Crippen LogP contribution is -2.39. The van der Waals surface area contributed by atoms with Crippen LogP contribution in [0.25, 0.3) is 5.65 Å². The second-order valence-electron chi connectivity index (χ2n) is 6.76. The lowest BCUT2D eigenvalue weighted by atomic mass is 9.95. The van der Waals surface area contributed by atoms with E-state index in [1.807, 2.05) is 33.7 Å². The third-order valence-electron chi connectivity index (χ3n) is 4.99. The molecule has 132 valence electrons. The van der Waals surface area contributed by atoms with Crippen molar-refractivity contribution in [2.45, 2.75) is 25.2 Å². The van der Waals surface area contributed by atoms with Gasteiger partial charge in [0, 0.05) is 43.0 Å². The molecule has 1 amide bonds. The van der Waals surface area contributed by atoms with Crippen LogP contribution in [0.1, 0.15) is 31.0 Å².